The Hall–Kier alpha value is -2.30. The lowest BCUT2D eigenvalue weighted by molar-refractivity contribution is -0.0668. The SMILES string of the molecule is CN=C(NCc1ccn(-c2ccccc2)n1)N1CC(C)(C)C1(C)C. The van der Waals surface area contributed by atoms with Gasteiger partial charge in [-0.1, -0.05) is 32.0 Å². The number of rotatable bonds is 3. The van der Waals surface area contributed by atoms with Gasteiger partial charge in [-0.3, -0.25) is 4.99 Å². The summed E-state index contributed by atoms with van der Waals surface area (Å²) in [6.45, 7) is 10.8. The summed E-state index contributed by atoms with van der Waals surface area (Å²) >= 11 is 0. The molecule has 0 amide bonds. The number of guanidine groups is 1. The number of aromatic nitrogens is 2. The van der Waals surface area contributed by atoms with Crippen LogP contribution in [0.5, 0.6) is 0 Å². The van der Waals surface area contributed by atoms with E-state index >= 15 is 0 Å². The number of hydrogen-bond acceptors (Lipinski definition) is 2. The molecule has 24 heavy (non-hydrogen) atoms. The first-order chi connectivity index (χ1) is 11.3. The maximum atomic E-state index is 4.64. The first kappa shape index (κ1) is 16.6. The maximum absolute atomic E-state index is 4.64. The Kier molecular flexibility index (Phi) is 4.11. The fraction of sp³-hybridized carbons (Fsp3) is 0.474. The lowest BCUT2D eigenvalue weighted by Crippen LogP contribution is -2.72. The number of benzene rings is 1. The highest BCUT2D eigenvalue weighted by Gasteiger charge is 2.53. The van der Waals surface area contributed by atoms with Gasteiger partial charge >= 0.3 is 0 Å². The minimum absolute atomic E-state index is 0.0955. The van der Waals surface area contributed by atoms with Gasteiger partial charge < -0.3 is 10.2 Å². The highest BCUT2D eigenvalue weighted by Crippen LogP contribution is 2.46. The summed E-state index contributed by atoms with van der Waals surface area (Å²) in [5.74, 6) is 0.939. The lowest BCUT2D eigenvalue weighted by Gasteiger charge is -2.62. The van der Waals surface area contributed by atoms with Gasteiger partial charge in [-0.25, -0.2) is 4.68 Å². The summed E-state index contributed by atoms with van der Waals surface area (Å²) in [5.41, 5.74) is 2.45. The molecule has 2 aromatic rings. The smallest absolute Gasteiger partial charge is 0.194 e. The second kappa shape index (κ2) is 5.96. The van der Waals surface area contributed by atoms with Gasteiger partial charge in [0.1, 0.15) is 0 Å². The zero-order chi connectivity index (χ0) is 17.4. The van der Waals surface area contributed by atoms with Crippen molar-refractivity contribution in [2.24, 2.45) is 10.4 Å². The molecule has 128 valence electrons. The van der Waals surface area contributed by atoms with Gasteiger partial charge in [0.15, 0.2) is 5.96 Å². The van der Waals surface area contributed by atoms with Crippen LogP contribution >= 0.6 is 0 Å². The molecule has 5 heteroatoms. The van der Waals surface area contributed by atoms with Crippen LogP contribution in [-0.4, -0.2) is 39.8 Å². The van der Waals surface area contributed by atoms with Crippen molar-refractivity contribution in [3.63, 3.8) is 0 Å². The van der Waals surface area contributed by atoms with Gasteiger partial charge in [0.2, 0.25) is 0 Å². The highest BCUT2D eigenvalue weighted by molar-refractivity contribution is 5.81. The quantitative estimate of drug-likeness (QED) is 0.697. The molecule has 5 nitrogen and oxygen atoms in total. The van der Waals surface area contributed by atoms with Crippen molar-refractivity contribution >= 4 is 5.96 Å². The molecule has 1 aromatic carbocycles. The fourth-order valence-electron chi connectivity index (χ4n) is 3.05. The first-order valence-electron chi connectivity index (χ1n) is 8.43. The van der Waals surface area contributed by atoms with Gasteiger partial charge in [0.05, 0.1) is 17.9 Å². The summed E-state index contributed by atoms with van der Waals surface area (Å²) in [5, 5.41) is 8.08. The Morgan fingerprint density at radius 1 is 1.17 bits per heavy atom. The number of aliphatic imine (C=N–C) groups is 1. The number of para-hydroxylation sites is 1. The van der Waals surface area contributed by atoms with E-state index in [1.54, 1.807) is 0 Å². The zero-order valence-electron chi connectivity index (χ0n) is 15.2. The molecule has 0 unspecified atom stereocenters. The number of likely N-dealkylation sites (tertiary alicyclic amines) is 1. The Labute approximate surface area is 144 Å². The Bertz CT molecular complexity index is 727. The van der Waals surface area contributed by atoms with Gasteiger partial charge in [0.25, 0.3) is 0 Å². The third kappa shape index (κ3) is 2.79. The van der Waals surface area contributed by atoms with Crippen molar-refractivity contribution in [2.45, 2.75) is 39.8 Å². The van der Waals surface area contributed by atoms with Crippen LogP contribution in [0.4, 0.5) is 0 Å². The van der Waals surface area contributed by atoms with Crippen LogP contribution in [0, 0.1) is 5.41 Å². The number of hydrogen-bond donors (Lipinski definition) is 1. The number of nitrogens with one attached hydrogen (secondary N) is 1. The van der Waals surface area contributed by atoms with Gasteiger partial charge in [-0.05, 0) is 32.0 Å². The maximum Gasteiger partial charge on any atom is 0.194 e. The molecular formula is C19H27N5. The minimum atomic E-state index is 0.0955. The normalized spacial score (nSPS) is 19.0. The second-order valence-corrected chi connectivity index (χ2v) is 7.52. The summed E-state index contributed by atoms with van der Waals surface area (Å²) < 4.78 is 1.90. The average Bonchev–Trinajstić information content (AvgIpc) is 3.04. The summed E-state index contributed by atoms with van der Waals surface area (Å²) in [7, 11) is 1.84. The molecule has 1 saturated heterocycles. The van der Waals surface area contributed by atoms with E-state index < -0.39 is 0 Å². The summed E-state index contributed by atoms with van der Waals surface area (Å²) in [6, 6.07) is 12.2. The van der Waals surface area contributed by atoms with Crippen molar-refractivity contribution < 1.29 is 0 Å². The lowest BCUT2D eigenvalue weighted by atomic mass is 9.65. The van der Waals surface area contributed by atoms with E-state index in [9.17, 15) is 0 Å². The van der Waals surface area contributed by atoms with Gasteiger partial charge in [-0.2, -0.15) is 5.10 Å². The molecule has 2 heterocycles. The third-order valence-corrected chi connectivity index (χ3v) is 5.44. The molecular weight excluding hydrogens is 298 g/mol. The largest absolute Gasteiger partial charge is 0.351 e. The number of nitrogens with zero attached hydrogens (tertiary/aromatic N) is 4. The van der Waals surface area contributed by atoms with E-state index in [0.717, 1.165) is 23.9 Å². The van der Waals surface area contributed by atoms with E-state index in [0.29, 0.717) is 12.0 Å². The first-order valence-corrected chi connectivity index (χ1v) is 8.43. The van der Waals surface area contributed by atoms with Crippen molar-refractivity contribution in [3.8, 4) is 5.69 Å². The van der Waals surface area contributed by atoms with Crippen molar-refractivity contribution in [1.82, 2.24) is 20.0 Å². The summed E-state index contributed by atoms with van der Waals surface area (Å²) in [6.07, 6.45) is 1.99. The second-order valence-electron chi connectivity index (χ2n) is 7.52. The van der Waals surface area contributed by atoms with Crippen molar-refractivity contribution in [1.29, 1.82) is 0 Å². The van der Waals surface area contributed by atoms with E-state index in [1.807, 2.05) is 54.3 Å². The molecule has 1 N–H and O–H groups in total. The Morgan fingerprint density at radius 3 is 2.46 bits per heavy atom. The van der Waals surface area contributed by atoms with Crippen LogP contribution in [-0.2, 0) is 6.54 Å². The standard InChI is InChI=1S/C19H27N5/c1-18(2)14-23(19(18,3)4)17(20-5)21-13-15-11-12-24(22-15)16-9-7-6-8-10-16/h6-12H,13-14H2,1-5H3,(H,20,21). The van der Waals surface area contributed by atoms with E-state index in [-0.39, 0.29) is 5.54 Å². The topological polar surface area (TPSA) is 45.5 Å². The summed E-state index contributed by atoms with van der Waals surface area (Å²) in [4.78, 5) is 6.78. The molecule has 0 radical (unpaired) electrons. The minimum Gasteiger partial charge on any atom is -0.351 e. The molecule has 0 spiro atoms. The third-order valence-electron chi connectivity index (χ3n) is 5.44. The van der Waals surface area contributed by atoms with Crippen LogP contribution < -0.4 is 5.32 Å². The molecule has 0 aliphatic carbocycles. The highest BCUT2D eigenvalue weighted by atomic mass is 15.4. The molecule has 1 aliphatic heterocycles. The van der Waals surface area contributed by atoms with Crippen LogP contribution in [0.1, 0.15) is 33.4 Å². The van der Waals surface area contributed by atoms with Crippen LogP contribution in [0.15, 0.2) is 47.6 Å². The molecule has 1 aromatic heterocycles. The Morgan fingerprint density at radius 2 is 1.88 bits per heavy atom. The molecule has 0 bridgehead atoms. The predicted octanol–water partition coefficient (Wildman–Crippen LogP) is 3.07. The molecule has 3 rings (SSSR count). The molecule has 0 saturated carbocycles. The van der Waals surface area contributed by atoms with Crippen LogP contribution in [0.25, 0.3) is 5.69 Å². The van der Waals surface area contributed by atoms with E-state index in [4.69, 9.17) is 0 Å². The zero-order valence-corrected chi connectivity index (χ0v) is 15.2. The van der Waals surface area contributed by atoms with Gasteiger partial charge in [-0.15, -0.1) is 0 Å². The van der Waals surface area contributed by atoms with Crippen molar-refractivity contribution in [3.05, 3.63) is 48.3 Å². The van der Waals surface area contributed by atoms with Crippen LogP contribution in [0.2, 0.25) is 0 Å². The van der Waals surface area contributed by atoms with E-state index in [2.05, 4.69) is 48.0 Å². The van der Waals surface area contributed by atoms with E-state index in [1.165, 1.54) is 0 Å². The monoisotopic (exact) mass is 325 g/mol. The molecule has 1 fully saturated rings. The van der Waals surface area contributed by atoms with Crippen LogP contribution in [0.3, 0.4) is 0 Å². The van der Waals surface area contributed by atoms with Gasteiger partial charge in [0, 0.05) is 30.7 Å². The van der Waals surface area contributed by atoms with Crippen molar-refractivity contribution in [2.75, 3.05) is 13.6 Å². The predicted molar refractivity (Wildman–Crippen MR) is 98.3 cm³/mol. The molecule has 0 atom stereocenters. The Balaban J connectivity index is 1.65. The molecule has 1 aliphatic rings. The fourth-order valence-corrected chi connectivity index (χ4v) is 3.05. The average molecular weight is 325 g/mol.